The number of likely N-dealkylation sites (tertiary alicyclic amines) is 1. The summed E-state index contributed by atoms with van der Waals surface area (Å²) in [4.78, 5) is 14.6. The second-order valence-electron chi connectivity index (χ2n) is 6.76. The van der Waals surface area contributed by atoms with Crippen molar-refractivity contribution < 1.29 is 9.90 Å². The fourth-order valence-corrected chi connectivity index (χ4v) is 3.25. The Kier molecular flexibility index (Phi) is 8.05. The van der Waals surface area contributed by atoms with Gasteiger partial charge in [-0.1, -0.05) is 30.3 Å². The number of amides is 2. The Bertz CT molecular complexity index is 473. The van der Waals surface area contributed by atoms with E-state index in [0.717, 1.165) is 44.0 Å². The van der Waals surface area contributed by atoms with Crippen molar-refractivity contribution in [3.05, 3.63) is 35.9 Å². The second-order valence-corrected chi connectivity index (χ2v) is 6.76. The smallest absolute Gasteiger partial charge is 0.315 e. The third-order valence-corrected chi connectivity index (χ3v) is 4.83. The SMILES string of the molecule is CN1CCC(CCNC(=O)NC(CCCO)c2ccccc2)CC1. The molecule has 1 atom stereocenters. The predicted octanol–water partition coefficient (Wildman–Crippen LogP) is 2.53. The minimum absolute atomic E-state index is 0.0540. The minimum atomic E-state index is -0.116. The van der Waals surface area contributed by atoms with Crippen LogP contribution in [0, 0.1) is 5.92 Å². The number of benzene rings is 1. The average molecular weight is 333 g/mol. The number of aliphatic hydroxyl groups excluding tert-OH is 1. The molecule has 1 saturated heterocycles. The van der Waals surface area contributed by atoms with E-state index in [9.17, 15) is 4.79 Å². The van der Waals surface area contributed by atoms with E-state index in [-0.39, 0.29) is 18.7 Å². The standard InChI is InChI=1S/C19H31N3O2/c1-22-13-10-16(11-14-22)9-12-20-19(24)21-18(8-5-15-23)17-6-3-2-4-7-17/h2-4,6-7,16,18,23H,5,8-15H2,1H3,(H2,20,21,24). The summed E-state index contributed by atoms with van der Waals surface area (Å²) in [5.41, 5.74) is 1.08. The molecule has 0 aliphatic carbocycles. The van der Waals surface area contributed by atoms with Crippen molar-refractivity contribution in [2.24, 2.45) is 5.92 Å². The number of urea groups is 1. The van der Waals surface area contributed by atoms with Crippen LogP contribution in [0.3, 0.4) is 0 Å². The molecule has 0 radical (unpaired) electrons. The highest BCUT2D eigenvalue weighted by atomic mass is 16.3. The van der Waals surface area contributed by atoms with E-state index in [0.29, 0.717) is 6.42 Å². The van der Waals surface area contributed by atoms with Crippen LogP contribution in [0.2, 0.25) is 0 Å². The van der Waals surface area contributed by atoms with Crippen LogP contribution in [-0.4, -0.2) is 49.3 Å². The number of nitrogens with zero attached hydrogens (tertiary/aromatic N) is 1. The molecule has 1 unspecified atom stereocenters. The molecule has 5 heteroatoms. The Morgan fingerprint density at radius 2 is 2.00 bits per heavy atom. The van der Waals surface area contributed by atoms with Gasteiger partial charge < -0.3 is 20.6 Å². The monoisotopic (exact) mass is 333 g/mol. The lowest BCUT2D eigenvalue weighted by molar-refractivity contribution is 0.208. The molecular formula is C19H31N3O2. The van der Waals surface area contributed by atoms with Crippen LogP contribution in [-0.2, 0) is 0 Å². The maximum Gasteiger partial charge on any atom is 0.315 e. The first kappa shape index (κ1) is 18.7. The summed E-state index contributed by atoms with van der Waals surface area (Å²) in [6.45, 7) is 3.19. The highest BCUT2D eigenvalue weighted by molar-refractivity contribution is 5.74. The van der Waals surface area contributed by atoms with E-state index in [1.54, 1.807) is 0 Å². The molecule has 24 heavy (non-hydrogen) atoms. The quantitative estimate of drug-likeness (QED) is 0.685. The van der Waals surface area contributed by atoms with Crippen molar-refractivity contribution in [1.82, 2.24) is 15.5 Å². The number of hydrogen-bond donors (Lipinski definition) is 3. The maximum absolute atomic E-state index is 12.2. The molecule has 0 bridgehead atoms. The highest BCUT2D eigenvalue weighted by Gasteiger charge is 2.17. The molecule has 0 spiro atoms. The van der Waals surface area contributed by atoms with Crippen molar-refractivity contribution >= 4 is 6.03 Å². The van der Waals surface area contributed by atoms with Crippen LogP contribution >= 0.6 is 0 Å². The fraction of sp³-hybridized carbons (Fsp3) is 0.632. The van der Waals surface area contributed by atoms with Gasteiger partial charge in [0.05, 0.1) is 6.04 Å². The normalized spacial score (nSPS) is 17.4. The topological polar surface area (TPSA) is 64.6 Å². The number of nitrogens with one attached hydrogen (secondary N) is 2. The first-order valence-corrected chi connectivity index (χ1v) is 9.07. The molecule has 2 rings (SSSR count). The lowest BCUT2D eigenvalue weighted by atomic mass is 9.94. The van der Waals surface area contributed by atoms with E-state index < -0.39 is 0 Å². The summed E-state index contributed by atoms with van der Waals surface area (Å²) in [6.07, 6.45) is 4.91. The van der Waals surface area contributed by atoms with Gasteiger partial charge in [-0.3, -0.25) is 0 Å². The molecule has 1 aromatic rings. The number of aliphatic hydroxyl groups is 1. The van der Waals surface area contributed by atoms with Crippen LogP contribution in [0.5, 0.6) is 0 Å². The summed E-state index contributed by atoms with van der Waals surface area (Å²) < 4.78 is 0. The Balaban J connectivity index is 1.73. The van der Waals surface area contributed by atoms with Gasteiger partial charge in [0.2, 0.25) is 0 Å². The van der Waals surface area contributed by atoms with Crippen molar-refractivity contribution in [3.63, 3.8) is 0 Å². The van der Waals surface area contributed by atoms with Gasteiger partial charge in [-0.05, 0) is 63.7 Å². The fourth-order valence-electron chi connectivity index (χ4n) is 3.25. The molecule has 1 aliphatic heterocycles. The van der Waals surface area contributed by atoms with Gasteiger partial charge in [-0.2, -0.15) is 0 Å². The Labute approximate surface area is 145 Å². The van der Waals surface area contributed by atoms with Gasteiger partial charge in [-0.15, -0.1) is 0 Å². The second kappa shape index (κ2) is 10.3. The Morgan fingerprint density at radius 3 is 2.67 bits per heavy atom. The zero-order valence-electron chi connectivity index (χ0n) is 14.7. The first-order chi connectivity index (χ1) is 11.7. The molecule has 1 heterocycles. The molecule has 1 fully saturated rings. The summed E-state index contributed by atoms with van der Waals surface area (Å²) in [5.74, 6) is 0.723. The van der Waals surface area contributed by atoms with Crippen LogP contribution < -0.4 is 10.6 Å². The third-order valence-electron chi connectivity index (χ3n) is 4.83. The molecule has 0 aromatic heterocycles. The highest BCUT2D eigenvalue weighted by Crippen LogP contribution is 2.19. The first-order valence-electron chi connectivity index (χ1n) is 9.07. The Hall–Kier alpha value is -1.59. The number of piperidine rings is 1. The predicted molar refractivity (Wildman–Crippen MR) is 96.9 cm³/mol. The maximum atomic E-state index is 12.2. The van der Waals surface area contributed by atoms with E-state index in [4.69, 9.17) is 5.11 Å². The van der Waals surface area contributed by atoms with Crippen molar-refractivity contribution in [1.29, 1.82) is 0 Å². The summed E-state index contributed by atoms with van der Waals surface area (Å²) in [7, 11) is 2.16. The van der Waals surface area contributed by atoms with Gasteiger partial charge in [-0.25, -0.2) is 4.79 Å². The van der Waals surface area contributed by atoms with Gasteiger partial charge in [0.25, 0.3) is 0 Å². The van der Waals surface area contributed by atoms with Crippen molar-refractivity contribution in [3.8, 4) is 0 Å². The summed E-state index contributed by atoms with van der Waals surface area (Å²) in [6, 6.07) is 9.77. The molecule has 5 nitrogen and oxygen atoms in total. The van der Waals surface area contributed by atoms with E-state index in [2.05, 4.69) is 22.6 Å². The lowest BCUT2D eigenvalue weighted by Gasteiger charge is -2.29. The van der Waals surface area contributed by atoms with E-state index in [1.165, 1.54) is 12.8 Å². The Morgan fingerprint density at radius 1 is 1.29 bits per heavy atom. The van der Waals surface area contributed by atoms with Gasteiger partial charge in [0.15, 0.2) is 0 Å². The van der Waals surface area contributed by atoms with E-state index in [1.807, 2.05) is 30.3 Å². The third kappa shape index (κ3) is 6.49. The zero-order chi connectivity index (χ0) is 17.2. The molecule has 1 aliphatic rings. The molecule has 3 N–H and O–H groups in total. The van der Waals surface area contributed by atoms with Crippen LogP contribution in [0.15, 0.2) is 30.3 Å². The van der Waals surface area contributed by atoms with Crippen LogP contribution in [0.25, 0.3) is 0 Å². The lowest BCUT2D eigenvalue weighted by Crippen LogP contribution is -2.39. The number of hydrogen-bond acceptors (Lipinski definition) is 3. The average Bonchev–Trinajstić information content (AvgIpc) is 2.61. The molecule has 2 amide bonds. The minimum Gasteiger partial charge on any atom is -0.396 e. The van der Waals surface area contributed by atoms with Crippen molar-refractivity contribution in [2.45, 2.75) is 38.1 Å². The summed E-state index contributed by atoms with van der Waals surface area (Å²) in [5, 5.41) is 15.1. The molecule has 0 saturated carbocycles. The number of carbonyl (C=O) groups is 1. The summed E-state index contributed by atoms with van der Waals surface area (Å²) >= 11 is 0. The number of carbonyl (C=O) groups excluding carboxylic acids is 1. The zero-order valence-corrected chi connectivity index (χ0v) is 14.7. The molecular weight excluding hydrogens is 302 g/mol. The number of rotatable bonds is 8. The van der Waals surface area contributed by atoms with Crippen molar-refractivity contribution in [2.75, 3.05) is 33.3 Å². The van der Waals surface area contributed by atoms with E-state index >= 15 is 0 Å². The molecule has 134 valence electrons. The van der Waals surface area contributed by atoms with Crippen LogP contribution in [0.1, 0.15) is 43.7 Å². The van der Waals surface area contributed by atoms with Gasteiger partial charge >= 0.3 is 6.03 Å². The van der Waals surface area contributed by atoms with Gasteiger partial charge in [0, 0.05) is 13.2 Å². The van der Waals surface area contributed by atoms with Gasteiger partial charge in [0.1, 0.15) is 0 Å². The largest absolute Gasteiger partial charge is 0.396 e. The molecule has 1 aromatic carbocycles. The van der Waals surface area contributed by atoms with Crippen LogP contribution in [0.4, 0.5) is 4.79 Å².